The van der Waals surface area contributed by atoms with E-state index in [0.29, 0.717) is 5.92 Å². The molecule has 2 N–H and O–H groups in total. The lowest BCUT2D eigenvalue weighted by Gasteiger charge is -2.30. The molecule has 0 aliphatic carbocycles. The van der Waals surface area contributed by atoms with E-state index in [9.17, 15) is 0 Å². The summed E-state index contributed by atoms with van der Waals surface area (Å²) in [6.45, 7) is 9.66. The van der Waals surface area contributed by atoms with E-state index in [2.05, 4.69) is 44.8 Å². The number of aromatic nitrogens is 1. The first-order valence-corrected chi connectivity index (χ1v) is 7.46. The van der Waals surface area contributed by atoms with Gasteiger partial charge in [0.15, 0.2) is 11.5 Å². The highest BCUT2D eigenvalue weighted by Crippen LogP contribution is 2.32. The largest absolute Gasteiger partial charge is 0.441 e. The van der Waals surface area contributed by atoms with Gasteiger partial charge in [-0.3, -0.25) is 0 Å². The molecule has 2 aromatic rings. The van der Waals surface area contributed by atoms with Crippen molar-refractivity contribution >= 4 is 11.1 Å². The second-order valence-electron chi connectivity index (χ2n) is 6.76. The maximum Gasteiger partial charge on any atom is 0.195 e. The number of fused-ring (bicyclic) bond motifs is 1. The van der Waals surface area contributed by atoms with Gasteiger partial charge >= 0.3 is 0 Å². The van der Waals surface area contributed by atoms with Gasteiger partial charge in [0.05, 0.1) is 0 Å². The van der Waals surface area contributed by atoms with Crippen molar-refractivity contribution in [3.63, 3.8) is 0 Å². The summed E-state index contributed by atoms with van der Waals surface area (Å²) >= 11 is 0. The lowest BCUT2D eigenvalue weighted by Crippen LogP contribution is -2.24. The average molecular weight is 274 g/mol. The van der Waals surface area contributed by atoms with E-state index in [1.54, 1.807) is 0 Å². The van der Waals surface area contributed by atoms with E-state index in [1.807, 2.05) is 6.07 Å². The average Bonchev–Trinajstić information content (AvgIpc) is 2.74. The molecule has 0 aliphatic heterocycles. The third kappa shape index (κ3) is 3.60. The van der Waals surface area contributed by atoms with Gasteiger partial charge in [0.2, 0.25) is 0 Å². The normalized spacial score (nSPS) is 13.8. The molecule has 1 aromatic heterocycles. The molecule has 20 heavy (non-hydrogen) atoms. The van der Waals surface area contributed by atoms with E-state index in [1.165, 1.54) is 5.56 Å². The first-order valence-electron chi connectivity index (χ1n) is 7.46. The van der Waals surface area contributed by atoms with E-state index < -0.39 is 0 Å². The molecule has 3 heteroatoms. The highest BCUT2D eigenvalue weighted by molar-refractivity contribution is 5.73. The zero-order chi connectivity index (χ0) is 14.8. The molecule has 110 valence electrons. The van der Waals surface area contributed by atoms with Crippen LogP contribution < -0.4 is 5.73 Å². The third-order valence-corrected chi connectivity index (χ3v) is 4.03. The molecule has 0 spiro atoms. The number of aryl methyl sites for hydroxylation is 2. The Bertz CT molecular complexity index is 566. The quantitative estimate of drug-likeness (QED) is 0.893. The number of nitrogens with two attached hydrogens (primary N) is 1. The van der Waals surface area contributed by atoms with Gasteiger partial charge in [-0.1, -0.05) is 26.8 Å². The summed E-state index contributed by atoms with van der Waals surface area (Å²) in [6.07, 6.45) is 3.02. The summed E-state index contributed by atoms with van der Waals surface area (Å²) in [5, 5.41) is 0. The lowest BCUT2D eigenvalue weighted by molar-refractivity contribution is 0.211. The summed E-state index contributed by atoms with van der Waals surface area (Å²) in [6, 6.07) is 6.13. The molecule has 0 radical (unpaired) electrons. The first kappa shape index (κ1) is 15.0. The third-order valence-electron chi connectivity index (χ3n) is 4.03. The highest BCUT2D eigenvalue weighted by Gasteiger charge is 2.24. The molecular weight excluding hydrogens is 248 g/mol. The fourth-order valence-corrected chi connectivity index (χ4v) is 2.70. The summed E-state index contributed by atoms with van der Waals surface area (Å²) in [7, 11) is 0. The van der Waals surface area contributed by atoms with Crippen LogP contribution in [-0.2, 0) is 6.42 Å². The molecule has 3 nitrogen and oxygen atoms in total. The molecule has 0 saturated carbocycles. The van der Waals surface area contributed by atoms with Crippen LogP contribution in [0.1, 0.15) is 45.1 Å². The Hall–Kier alpha value is -1.35. The Morgan fingerprint density at radius 1 is 1.25 bits per heavy atom. The fraction of sp³-hybridized carbons (Fsp3) is 0.588. The van der Waals surface area contributed by atoms with E-state index in [-0.39, 0.29) is 5.41 Å². The van der Waals surface area contributed by atoms with Gasteiger partial charge in [0, 0.05) is 6.42 Å². The van der Waals surface area contributed by atoms with Crippen LogP contribution in [0.5, 0.6) is 0 Å². The van der Waals surface area contributed by atoms with Crippen molar-refractivity contribution in [1.82, 2.24) is 4.98 Å². The molecule has 2 rings (SSSR count). The number of rotatable bonds is 5. The van der Waals surface area contributed by atoms with Crippen molar-refractivity contribution in [3.05, 3.63) is 29.7 Å². The van der Waals surface area contributed by atoms with Crippen LogP contribution in [0.15, 0.2) is 22.6 Å². The predicted molar refractivity (Wildman–Crippen MR) is 83.7 cm³/mol. The van der Waals surface area contributed by atoms with Crippen LogP contribution in [0.25, 0.3) is 11.1 Å². The minimum atomic E-state index is 0.280. The first-order chi connectivity index (χ1) is 9.40. The van der Waals surface area contributed by atoms with Gasteiger partial charge in [-0.05, 0) is 55.3 Å². The Morgan fingerprint density at radius 2 is 2.00 bits per heavy atom. The molecule has 0 saturated heterocycles. The Kier molecular flexibility index (Phi) is 4.48. The summed E-state index contributed by atoms with van der Waals surface area (Å²) in [5.41, 5.74) is 9.08. The Balaban J connectivity index is 2.07. The highest BCUT2D eigenvalue weighted by atomic mass is 16.3. The maximum atomic E-state index is 5.82. The van der Waals surface area contributed by atoms with Crippen LogP contribution in [0, 0.1) is 18.3 Å². The summed E-state index contributed by atoms with van der Waals surface area (Å²) < 4.78 is 5.82. The van der Waals surface area contributed by atoms with Gasteiger partial charge in [0.1, 0.15) is 5.52 Å². The monoisotopic (exact) mass is 274 g/mol. The minimum absolute atomic E-state index is 0.280. The van der Waals surface area contributed by atoms with Crippen molar-refractivity contribution < 1.29 is 4.42 Å². The number of oxazole rings is 1. The van der Waals surface area contributed by atoms with Crippen molar-refractivity contribution in [3.8, 4) is 0 Å². The number of hydrogen-bond acceptors (Lipinski definition) is 3. The molecular formula is C17H26N2O. The molecule has 0 bridgehead atoms. The molecule has 1 atom stereocenters. The van der Waals surface area contributed by atoms with Crippen LogP contribution in [-0.4, -0.2) is 11.5 Å². The van der Waals surface area contributed by atoms with Gasteiger partial charge in [-0.25, -0.2) is 4.98 Å². The number of nitrogens with zero attached hydrogens (tertiary/aromatic N) is 1. The van der Waals surface area contributed by atoms with Crippen LogP contribution in [0.2, 0.25) is 0 Å². The van der Waals surface area contributed by atoms with Crippen molar-refractivity contribution in [2.24, 2.45) is 17.1 Å². The summed E-state index contributed by atoms with van der Waals surface area (Å²) in [4.78, 5) is 4.59. The topological polar surface area (TPSA) is 52.0 Å². The molecule has 1 heterocycles. The molecule has 1 aromatic carbocycles. The van der Waals surface area contributed by atoms with E-state index in [4.69, 9.17) is 10.2 Å². The van der Waals surface area contributed by atoms with Gasteiger partial charge < -0.3 is 10.2 Å². The van der Waals surface area contributed by atoms with Crippen LogP contribution >= 0.6 is 0 Å². The lowest BCUT2D eigenvalue weighted by atomic mass is 9.76. The Labute approximate surface area is 121 Å². The molecule has 0 aliphatic rings. The van der Waals surface area contributed by atoms with Crippen LogP contribution in [0.4, 0.5) is 0 Å². The standard InChI is InChI=1S/C17H26N2O/c1-12-5-7-15-14(11-12)19-16(20-15)8-6-13(9-10-18)17(2,3)4/h5,7,11,13H,6,8-10,18H2,1-4H3. The van der Waals surface area contributed by atoms with E-state index >= 15 is 0 Å². The smallest absolute Gasteiger partial charge is 0.195 e. The summed E-state index contributed by atoms with van der Waals surface area (Å²) in [5.74, 6) is 1.45. The van der Waals surface area contributed by atoms with Crippen molar-refractivity contribution in [2.45, 2.75) is 47.0 Å². The zero-order valence-electron chi connectivity index (χ0n) is 13.1. The zero-order valence-corrected chi connectivity index (χ0v) is 13.1. The minimum Gasteiger partial charge on any atom is -0.441 e. The SMILES string of the molecule is Cc1ccc2oc(CCC(CCN)C(C)(C)C)nc2c1. The Morgan fingerprint density at radius 3 is 2.65 bits per heavy atom. The fourth-order valence-electron chi connectivity index (χ4n) is 2.70. The molecule has 0 amide bonds. The van der Waals surface area contributed by atoms with Gasteiger partial charge in [0.25, 0.3) is 0 Å². The second kappa shape index (κ2) is 5.96. The van der Waals surface area contributed by atoms with Crippen LogP contribution in [0.3, 0.4) is 0 Å². The van der Waals surface area contributed by atoms with E-state index in [0.717, 1.165) is 42.8 Å². The predicted octanol–water partition coefficient (Wildman–Crippen LogP) is 4.08. The van der Waals surface area contributed by atoms with Crippen molar-refractivity contribution in [1.29, 1.82) is 0 Å². The molecule has 1 unspecified atom stereocenters. The molecule has 0 fully saturated rings. The number of benzene rings is 1. The second-order valence-corrected chi connectivity index (χ2v) is 6.76. The van der Waals surface area contributed by atoms with Gasteiger partial charge in [-0.15, -0.1) is 0 Å². The van der Waals surface area contributed by atoms with Gasteiger partial charge in [-0.2, -0.15) is 0 Å². The number of hydrogen-bond donors (Lipinski definition) is 1. The maximum absolute atomic E-state index is 5.82. The van der Waals surface area contributed by atoms with Crippen molar-refractivity contribution in [2.75, 3.05) is 6.54 Å².